The molecule has 1 atom stereocenters. The summed E-state index contributed by atoms with van der Waals surface area (Å²) in [4.78, 5) is 0. The summed E-state index contributed by atoms with van der Waals surface area (Å²) in [5.41, 5.74) is 12.7. The molecule has 0 radical (unpaired) electrons. The van der Waals surface area contributed by atoms with E-state index in [1.807, 2.05) is 0 Å². The average molecular weight is 297 g/mol. The molecule has 0 heterocycles. The normalized spacial score (nSPS) is 12.2. The first kappa shape index (κ1) is 16.6. The van der Waals surface area contributed by atoms with Crippen LogP contribution in [0.2, 0.25) is 0 Å². The van der Waals surface area contributed by atoms with Crippen LogP contribution in [0.3, 0.4) is 0 Å². The van der Waals surface area contributed by atoms with Gasteiger partial charge in [0.05, 0.1) is 7.11 Å². The van der Waals surface area contributed by atoms with Crippen molar-refractivity contribution in [1.29, 1.82) is 0 Å². The van der Waals surface area contributed by atoms with Gasteiger partial charge in [-0.2, -0.15) is 0 Å². The van der Waals surface area contributed by atoms with E-state index in [9.17, 15) is 0 Å². The standard InChI is InChI=1S/C20H27NO/c1-5-17-11-16(8-9-20(17)22-4)12-18(13-21)19-10-14(2)6-7-15(19)3/h6-11,18H,5,12-13,21H2,1-4H3. The Kier molecular flexibility index (Phi) is 5.62. The molecule has 2 aromatic rings. The Morgan fingerprint density at radius 2 is 1.86 bits per heavy atom. The molecule has 2 nitrogen and oxygen atoms in total. The number of ether oxygens (including phenoxy) is 1. The minimum absolute atomic E-state index is 0.359. The van der Waals surface area contributed by atoms with Crippen LogP contribution in [-0.4, -0.2) is 13.7 Å². The van der Waals surface area contributed by atoms with Gasteiger partial charge >= 0.3 is 0 Å². The molecule has 0 aliphatic rings. The monoisotopic (exact) mass is 297 g/mol. The maximum Gasteiger partial charge on any atom is 0.122 e. The van der Waals surface area contributed by atoms with Crippen molar-refractivity contribution in [2.24, 2.45) is 5.73 Å². The largest absolute Gasteiger partial charge is 0.496 e. The van der Waals surface area contributed by atoms with E-state index in [0.717, 1.165) is 18.6 Å². The minimum Gasteiger partial charge on any atom is -0.496 e. The Bertz CT molecular complexity index is 634. The number of methoxy groups -OCH3 is 1. The summed E-state index contributed by atoms with van der Waals surface area (Å²) in [6.07, 6.45) is 1.95. The summed E-state index contributed by atoms with van der Waals surface area (Å²) < 4.78 is 5.42. The third-order valence-corrected chi connectivity index (χ3v) is 4.37. The van der Waals surface area contributed by atoms with E-state index in [0.29, 0.717) is 12.5 Å². The van der Waals surface area contributed by atoms with E-state index in [-0.39, 0.29) is 0 Å². The van der Waals surface area contributed by atoms with E-state index in [1.54, 1.807) is 7.11 Å². The zero-order valence-corrected chi connectivity index (χ0v) is 14.1. The summed E-state index contributed by atoms with van der Waals surface area (Å²) in [5, 5.41) is 0. The Morgan fingerprint density at radius 1 is 1.09 bits per heavy atom. The number of hydrogen-bond acceptors (Lipinski definition) is 2. The molecule has 0 saturated heterocycles. The van der Waals surface area contributed by atoms with E-state index < -0.39 is 0 Å². The molecule has 0 aliphatic carbocycles. The van der Waals surface area contributed by atoms with Crippen molar-refractivity contribution in [2.75, 3.05) is 13.7 Å². The number of benzene rings is 2. The van der Waals surface area contributed by atoms with Crippen molar-refractivity contribution in [3.05, 3.63) is 64.2 Å². The van der Waals surface area contributed by atoms with Gasteiger partial charge in [0.15, 0.2) is 0 Å². The molecule has 2 N–H and O–H groups in total. The molecule has 0 aromatic heterocycles. The highest BCUT2D eigenvalue weighted by Crippen LogP contribution is 2.27. The quantitative estimate of drug-likeness (QED) is 0.869. The minimum atomic E-state index is 0.359. The first-order valence-electron chi connectivity index (χ1n) is 8.02. The van der Waals surface area contributed by atoms with Crippen LogP contribution in [0.25, 0.3) is 0 Å². The second kappa shape index (κ2) is 7.46. The second-order valence-corrected chi connectivity index (χ2v) is 6.00. The first-order valence-corrected chi connectivity index (χ1v) is 8.02. The Labute approximate surface area is 134 Å². The number of nitrogens with two attached hydrogens (primary N) is 1. The molecular weight excluding hydrogens is 270 g/mol. The Morgan fingerprint density at radius 3 is 2.50 bits per heavy atom. The Balaban J connectivity index is 2.28. The van der Waals surface area contributed by atoms with Crippen molar-refractivity contribution in [2.45, 2.75) is 39.5 Å². The van der Waals surface area contributed by atoms with Crippen molar-refractivity contribution in [3.63, 3.8) is 0 Å². The van der Waals surface area contributed by atoms with Crippen LogP contribution in [0, 0.1) is 13.8 Å². The van der Waals surface area contributed by atoms with Crippen LogP contribution < -0.4 is 10.5 Å². The van der Waals surface area contributed by atoms with Crippen molar-refractivity contribution in [3.8, 4) is 5.75 Å². The molecule has 22 heavy (non-hydrogen) atoms. The van der Waals surface area contributed by atoms with Gasteiger partial charge in [-0.25, -0.2) is 0 Å². The maximum absolute atomic E-state index is 6.07. The van der Waals surface area contributed by atoms with E-state index in [4.69, 9.17) is 10.5 Å². The van der Waals surface area contributed by atoms with Gasteiger partial charge in [-0.1, -0.05) is 42.8 Å². The highest BCUT2D eigenvalue weighted by Gasteiger charge is 2.14. The van der Waals surface area contributed by atoms with Gasteiger partial charge in [0.1, 0.15) is 5.75 Å². The first-order chi connectivity index (χ1) is 10.6. The molecule has 2 heteroatoms. The van der Waals surface area contributed by atoms with Crippen molar-refractivity contribution in [1.82, 2.24) is 0 Å². The second-order valence-electron chi connectivity index (χ2n) is 6.00. The summed E-state index contributed by atoms with van der Waals surface area (Å²) in [5.74, 6) is 1.33. The fourth-order valence-corrected chi connectivity index (χ4v) is 3.04. The summed E-state index contributed by atoms with van der Waals surface area (Å²) in [6.45, 7) is 7.13. The third-order valence-electron chi connectivity index (χ3n) is 4.37. The van der Waals surface area contributed by atoms with Gasteiger partial charge in [-0.05, 0) is 61.6 Å². The fraction of sp³-hybridized carbons (Fsp3) is 0.400. The lowest BCUT2D eigenvalue weighted by Crippen LogP contribution is -2.16. The van der Waals surface area contributed by atoms with Crippen LogP contribution in [0.5, 0.6) is 5.75 Å². The number of hydrogen-bond donors (Lipinski definition) is 1. The van der Waals surface area contributed by atoms with Gasteiger partial charge in [0, 0.05) is 5.92 Å². The summed E-state index contributed by atoms with van der Waals surface area (Å²) in [7, 11) is 1.73. The predicted octanol–water partition coefficient (Wildman–Crippen LogP) is 4.16. The van der Waals surface area contributed by atoms with Crippen molar-refractivity contribution >= 4 is 0 Å². The number of aryl methyl sites for hydroxylation is 3. The summed E-state index contributed by atoms with van der Waals surface area (Å²) in [6, 6.07) is 13.1. The maximum atomic E-state index is 6.07. The summed E-state index contributed by atoms with van der Waals surface area (Å²) >= 11 is 0. The smallest absolute Gasteiger partial charge is 0.122 e. The van der Waals surface area contributed by atoms with Crippen LogP contribution in [0.15, 0.2) is 36.4 Å². The van der Waals surface area contributed by atoms with E-state index in [1.165, 1.54) is 27.8 Å². The van der Waals surface area contributed by atoms with E-state index in [2.05, 4.69) is 57.2 Å². The topological polar surface area (TPSA) is 35.2 Å². The predicted molar refractivity (Wildman–Crippen MR) is 93.8 cm³/mol. The molecule has 0 bridgehead atoms. The molecular formula is C20H27NO. The molecule has 2 aromatic carbocycles. The van der Waals surface area contributed by atoms with Gasteiger partial charge in [0.2, 0.25) is 0 Å². The molecule has 118 valence electrons. The third kappa shape index (κ3) is 3.69. The van der Waals surface area contributed by atoms with Gasteiger partial charge in [-0.15, -0.1) is 0 Å². The van der Waals surface area contributed by atoms with Crippen LogP contribution in [-0.2, 0) is 12.8 Å². The van der Waals surface area contributed by atoms with Gasteiger partial charge in [0.25, 0.3) is 0 Å². The zero-order chi connectivity index (χ0) is 16.1. The average Bonchev–Trinajstić information content (AvgIpc) is 2.54. The molecule has 0 aliphatic heterocycles. The van der Waals surface area contributed by atoms with Crippen LogP contribution >= 0.6 is 0 Å². The van der Waals surface area contributed by atoms with Crippen LogP contribution in [0.1, 0.15) is 40.7 Å². The van der Waals surface area contributed by atoms with Gasteiger partial charge in [-0.3, -0.25) is 0 Å². The number of rotatable bonds is 6. The van der Waals surface area contributed by atoms with E-state index >= 15 is 0 Å². The lowest BCUT2D eigenvalue weighted by Gasteiger charge is -2.19. The van der Waals surface area contributed by atoms with Crippen LogP contribution in [0.4, 0.5) is 0 Å². The molecule has 0 fully saturated rings. The zero-order valence-electron chi connectivity index (χ0n) is 14.1. The molecule has 2 rings (SSSR count). The Hall–Kier alpha value is -1.80. The highest BCUT2D eigenvalue weighted by molar-refractivity contribution is 5.39. The highest BCUT2D eigenvalue weighted by atomic mass is 16.5. The SMILES string of the molecule is CCc1cc(CC(CN)c2cc(C)ccc2C)ccc1OC. The molecule has 0 saturated carbocycles. The van der Waals surface area contributed by atoms with Gasteiger partial charge < -0.3 is 10.5 Å². The fourth-order valence-electron chi connectivity index (χ4n) is 3.04. The molecule has 0 spiro atoms. The molecule has 0 amide bonds. The lowest BCUT2D eigenvalue weighted by molar-refractivity contribution is 0.410. The van der Waals surface area contributed by atoms with Crippen molar-refractivity contribution < 1.29 is 4.74 Å². The molecule has 1 unspecified atom stereocenters. The lowest BCUT2D eigenvalue weighted by atomic mass is 9.87.